The predicted molar refractivity (Wildman–Crippen MR) is 130 cm³/mol. The molecule has 0 radical (unpaired) electrons. The molecule has 0 aliphatic rings. The lowest BCUT2D eigenvalue weighted by Crippen LogP contribution is -2.27. The Morgan fingerprint density at radius 2 is 1.00 bits per heavy atom. The number of rotatable bonds is 5. The van der Waals surface area contributed by atoms with Gasteiger partial charge in [-0.25, -0.2) is 4.99 Å². The van der Waals surface area contributed by atoms with Gasteiger partial charge in [-0.2, -0.15) is 0 Å². The van der Waals surface area contributed by atoms with Crippen molar-refractivity contribution >= 4 is 45.4 Å². The van der Waals surface area contributed by atoms with Crippen LogP contribution in [-0.2, 0) is 11.8 Å². The van der Waals surface area contributed by atoms with E-state index in [0.717, 1.165) is 27.6 Å². The minimum absolute atomic E-state index is 0.808. The van der Waals surface area contributed by atoms with E-state index in [1.165, 1.54) is 0 Å². The summed E-state index contributed by atoms with van der Waals surface area (Å²) in [5.41, 5.74) is 2.66. The van der Waals surface area contributed by atoms with Crippen LogP contribution in [0.4, 0.5) is 11.4 Å². The molecule has 0 atom stereocenters. The standard InChI is InChI=1S/C25H21N2PS/c29-28(23-17-9-3-10-18-23,24-19-11-4-12-20-24)25(26-21-13-5-1-6-14-21)27-22-15-7-2-8-16-22/h1-20H,(H,26,27). The molecule has 0 aliphatic carbocycles. The summed E-state index contributed by atoms with van der Waals surface area (Å²) in [4.78, 5) is 5.03. The number of benzene rings is 4. The molecule has 0 heterocycles. The fourth-order valence-corrected chi connectivity index (χ4v) is 6.63. The maximum atomic E-state index is 6.47. The first-order chi connectivity index (χ1) is 14.3. The van der Waals surface area contributed by atoms with Crippen molar-refractivity contribution < 1.29 is 0 Å². The van der Waals surface area contributed by atoms with E-state index in [4.69, 9.17) is 16.8 Å². The number of amidine groups is 1. The van der Waals surface area contributed by atoms with Gasteiger partial charge in [-0.15, -0.1) is 0 Å². The van der Waals surface area contributed by atoms with Gasteiger partial charge in [0.05, 0.1) is 11.7 Å². The van der Waals surface area contributed by atoms with Crippen molar-refractivity contribution in [1.29, 1.82) is 0 Å². The average molecular weight is 412 g/mol. The Kier molecular flexibility index (Phi) is 6.00. The lowest BCUT2D eigenvalue weighted by molar-refractivity contribution is 1.51. The molecule has 4 heteroatoms. The molecule has 0 saturated carbocycles. The van der Waals surface area contributed by atoms with Gasteiger partial charge in [0.1, 0.15) is 5.58 Å². The van der Waals surface area contributed by atoms with E-state index in [-0.39, 0.29) is 0 Å². The highest BCUT2D eigenvalue weighted by atomic mass is 32.4. The van der Waals surface area contributed by atoms with E-state index in [1.54, 1.807) is 0 Å². The van der Waals surface area contributed by atoms with E-state index in [0.29, 0.717) is 0 Å². The van der Waals surface area contributed by atoms with Crippen LogP contribution < -0.4 is 15.9 Å². The summed E-state index contributed by atoms with van der Waals surface area (Å²) in [5, 5.41) is 5.78. The van der Waals surface area contributed by atoms with Crippen molar-refractivity contribution in [3.8, 4) is 0 Å². The van der Waals surface area contributed by atoms with Crippen LogP contribution >= 0.6 is 6.04 Å². The molecular weight excluding hydrogens is 391 g/mol. The quantitative estimate of drug-likeness (QED) is 0.250. The Labute approximate surface area is 177 Å². The zero-order valence-corrected chi connectivity index (χ0v) is 17.6. The largest absolute Gasteiger partial charge is 0.339 e. The summed E-state index contributed by atoms with van der Waals surface area (Å²) in [5.74, 6) is 0. The van der Waals surface area contributed by atoms with Crippen molar-refractivity contribution in [2.75, 3.05) is 5.32 Å². The van der Waals surface area contributed by atoms with Gasteiger partial charge >= 0.3 is 0 Å². The minimum atomic E-state index is -2.39. The lowest BCUT2D eigenvalue weighted by atomic mass is 10.3. The molecule has 0 aromatic heterocycles. The van der Waals surface area contributed by atoms with Crippen LogP contribution in [0.1, 0.15) is 0 Å². The van der Waals surface area contributed by atoms with Crippen LogP contribution in [0.3, 0.4) is 0 Å². The van der Waals surface area contributed by atoms with Crippen LogP contribution in [-0.4, -0.2) is 5.58 Å². The Bertz CT molecular complexity index is 1090. The smallest absolute Gasteiger partial charge is 0.148 e. The number of hydrogen-bond acceptors (Lipinski definition) is 2. The molecule has 0 fully saturated rings. The van der Waals surface area contributed by atoms with E-state index in [1.807, 2.05) is 97.1 Å². The average Bonchev–Trinajstić information content (AvgIpc) is 2.81. The highest BCUT2D eigenvalue weighted by Crippen LogP contribution is 2.46. The van der Waals surface area contributed by atoms with Crippen LogP contribution in [0.15, 0.2) is 126 Å². The monoisotopic (exact) mass is 412 g/mol. The topological polar surface area (TPSA) is 24.4 Å². The number of nitrogens with one attached hydrogen (secondary N) is 1. The van der Waals surface area contributed by atoms with Gasteiger partial charge in [0.2, 0.25) is 0 Å². The molecule has 142 valence electrons. The Balaban J connectivity index is 1.93. The second kappa shape index (κ2) is 9.00. The molecule has 0 saturated heterocycles. The van der Waals surface area contributed by atoms with Crippen LogP contribution in [0.2, 0.25) is 0 Å². The first-order valence-electron chi connectivity index (χ1n) is 9.44. The Morgan fingerprint density at radius 3 is 1.48 bits per heavy atom. The highest BCUT2D eigenvalue weighted by Gasteiger charge is 2.29. The summed E-state index contributed by atoms with van der Waals surface area (Å²) < 4.78 is 0. The van der Waals surface area contributed by atoms with Crippen molar-refractivity contribution in [2.45, 2.75) is 0 Å². The van der Waals surface area contributed by atoms with Gasteiger partial charge in [-0.3, -0.25) is 0 Å². The van der Waals surface area contributed by atoms with E-state index < -0.39 is 6.04 Å². The second-order valence-corrected chi connectivity index (χ2v) is 10.9. The van der Waals surface area contributed by atoms with Crippen LogP contribution in [0.5, 0.6) is 0 Å². The van der Waals surface area contributed by atoms with Gasteiger partial charge in [0, 0.05) is 5.69 Å². The molecule has 1 N–H and O–H groups in total. The fraction of sp³-hybridized carbons (Fsp3) is 0. The third-order valence-electron chi connectivity index (χ3n) is 4.56. The molecule has 0 spiro atoms. The molecule has 4 rings (SSSR count). The zero-order chi connectivity index (χ0) is 19.9. The van der Waals surface area contributed by atoms with Crippen molar-refractivity contribution in [1.82, 2.24) is 0 Å². The molecule has 2 nitrogen and oxygen atoms in total. The normalized spacial score (nSPS) is 11.8. The number of anilines is 1. The molecule has 0 bridgehead atoms. The van der Waals surface area contributed by atoms with Crippen molar-refractivity contribution in [3.05, 3.63) is 121 Å². The first-order valence-corrected chi connectivity index (χ1v) is 12.2. The second-order valence-electron chi connectivity index (χ2n) is 6.54. The van der Waals surface area contributed by atoms with Crippen molar-refractivity contribution in [3.63, 3.8) is 0 Å². The highest BCUT2D eigenvalue weighted by molar-refractivity contribution is 8.30. The molecule has 0 unspecified atom stereocenters. The molecule has 29 heavy (non-hydrogen) atoms. The van der Waals surface area contributed by atoms with Gasteiger partial charge in [-0.05, 0) is 34.9 Å². The third kappa shape index (κ3) is 4.37. The molecule has 0 amide bonds. The number of aliphatic imine (C=N–C) groups is 1. The maximum Gasteiger partial charge on any atom is 0.148 e. The number of hydrogen-bond donors (Lipinski definition) is 1. The SMILES string of the molecule is S=P(C(=Nc1ccccc1)Nc1ccccc1)(c1ccccc1)c1ccccc1. The molecule has 4 aromatic rings. The summed E-state index contributed by atoms with van der Waals surface area (Å²) in [7, 11) is 0. The summed E-state index contributed by atoms with van der Waals surface area (Å²) in [6, 6.07) is 38.4. The van der Waals surface area contributed by atoms with Gasteiger partial charge in [0.15, 0.2) is 0 Å². The molecule has 0 aliphatic heterocycles. The minimum Gasteiger partial charge on any atom is -0.339 e. The Hall–Kier alpha value is -3.00. The van der Waals surface area contributed by atoms with Gasteiger partial charge in [0.25, 0.3) is 0 Å². The van der Waals surface area contributed by atoms with Crippen LogP contribution in [0.25, 0.3) is 0 Å². The third-order valence-corrected chi connectivity index (χ3v) is 9.20. The fourth-order valence-electron chi connectivity index (χ4n) is 3.12. The van der Waals surface area contributed by atoms with Crippen molar-refractivity contribution in [2.24, 2.45) is 4.99 Å². The zero-order valence-electron chi connectivity index (χ0n) is 15.8. The predicted octanol–water partition coefficient (Wildman–Crippen LogP) is 5.92. The van der Waals surface area contributed by atoms with Gasteiger partial charge in [-0.1, -0.05) is 109 Å². The van der Waals surface area contributed by atoms with Gasteiger partial charge < -0.3 is 5.32 Å². The van der Waals surface area contributed by atoms with E-state index >= 15 is 0 Å². The van der Waals surface area contributed by atoms with E-state index in [9.17, 15) is 0 Å². The molecular formula is C25H21N2PS. The summed E-state index contributed by atoms with van der Waals surface area (Å²) in [6.45, 7) is 0. The van der Waals surface area contributed by atoms with Crippen LogP contribution in [0, 0.1) is 0 Å². The number of nitrogens with zero attached hydrogens (tertiary/aromatic N) is 1. The van der Waals surface area contributed by atoms with E-state index in [2.05, 4.69) is 29.6 Å². The summed E-state index contributed by atoms with van der Waals surface area (Å²) in [6.07, 6.45) is 0. The first kappa shape index (κ1) is 19.3. The summed E-state index contributed by atoms with van der Waals surface area (Å²) >= 11 is 6.47. The molecule has 4 aromatic carbocycles. The Morgan fingerprint density at radius 1 is 0.586 bits per heavy atom. The maximum absolute atomic E-state index is 6.47. The number of para-hydroxylation sites is 2. The lowest BCUT2D eigenvalue weighted by Gasteiger charge is -2.26.